The minimum atomic E-state index is -0.0312. The number of rotatable bonds is 6. The highest BCUT2D eigenvalue weighted by molar-refractivity contribution is 5.29. The first kappa shape index (κ1) is 14.0. The third kappa shape index (κ3) is 4.33. The van der Waals surface area contributed by atoms with Crippen molar-refractivity contribution >= 4 is 0 Å². The Morgan fingerprint density at radius 1 is 1.27 bits per heavy atom. The van der Waals surface area contributed by atoms with E-state index in [1.165, 1.54) is 11.1 Å². The first-order valence-corrected chi connectivity index (χ1v) is 5.59. The van der Waals surface area contributed by atoms with E-state index in [1.807, 2.05) is 6.08 Å². The van der Waals surface area contributed by atoms with Gasteiger partial charge in [-0.1, -0.05) is 49.0 Å². The fourth-order valence-corrected chi connectivity index (χ4v) is 1.70. The Kier molecular flexibility index (Phi) is 6.00. The molecule has 0 rings (SSSR count). The zero-order chi connectivity index (χ0) is 11.9. The lowest BCUT2D eigenvalue weighted by Crippen LogP contribution is -2.15. The van der Waals surface area contributed by atoms with Gasteiger partial charge in [0.25, 0.3) is 0 Å². The third-order valence-electron chi connectivity index (χ3n) is 2.47. The van der Waals surface area contributed by atoms with Gasteiger partial charge in [-0.15, -0.1) is 6.58 Å². The monoisotopic (exact) mass is 204 g/mol. The van der Waals surface area contributed by atoms with Crippen LogP contribution in [0, 0.1) is 5.41 Å². The minimum absolute atomic E-state index is 0.0312. The van der Waals surface area contributed by atoms with Crippen LogP contribution in [0.15, 0.2) is 48.6 Å². The van der Waals surface area contributed by atoms with Gasteiger partial charge in [-0.2, -0.15) is 0 Å². The average Bonchev–Trinajstić information content (AvgIpc) is 2.13. The molecule has 0 spiro atoms. The van der Waals surface area contributed by atoms with Gasteiger partial charge in [-0.3, -0.25) is 0 Å². The maximum absolute atomic E-state index is 4.11. The van der Waals surface area contributed by atoms with Crippen LogP contribution in [0.3, 0.4) is 0 Å². The molecule has 0 aromatic heterocycles. The SMILES string of the molecule is C=CCC(C=CCC)(C=C(C)C)C(=C)C. The molecule has 0 N–H and O–H groups in total. The minimum Gasteiger partial charge on any atom is -0.103 e. The summed E-state index contributed by atoms with van der Waals surface area (Å²) in [5.74, 6) is 0. The molecular formula is C15H24. The second kappa shape index (κ2) is 6.44. The van der Waals surface area contributed by atoms with Gasteiger partial charge in [0.15, 0.2) is 0 Å². The average molecular weight is 204 g/mol. The molecule has 0 heterocycles. The summed E-state index contributed by atoms with van der Waals surface area (Å²) in [4.78, 5) is 0. The van der Waals surface area contributed by atoms with Crippen molar-refractivity contribution < 1.29 is 0 Å². The number of hydrogen-bond acceptors (Lipinski definition) is 0. The molecule has 0 aromatic rings. The van der Waals surface area contributed by atoms with E-state index in [1.54, 1.807) is 0 Å². The molecule has 15 heavy (non-hydrogen) atoms. The van der Waals surface area contributed by atoms with E-state index in [0.717, 1.165) is 12.8 Å². The fourth-order valence-electron chi connectivity index (χ4n) is 1.70. The largest absolute Gasteiger partial charge is 0.103 e. The third-order valence-corrected chi connectivity index (χ3v) is 2.47. The smallest absolute Gasteiger partial charge is 0.0302 e. The molecule has 0 heteroatoms. The van der Waals surface area contributed by atoms with Crippen molar-refractivity contribution in [1.29, 1.82) is 0 Å². The van der Waals surface area contributed by atoms with Gasteiger partial charge >= 0.3 is 0 Å². The van der Waals surface area contributed by atoms with Crippen molar-refractivity contribution in [3.63, 3.8) is 0 Å². The van der Waals surface area contributed by atoms with Crippen LogP contribution in [0.1, 0.15) is 40.5 Å². The number of allylic oxidation sites excluding steroid dienone is 6. The van der Waals surface area contributed by atoms with Crippen LogP contribution >= 0.6 is 0 Å². The van der Waals surface area contributed by atoms with Gasteiger partial charge in [0.2, 0.25) is 0 Å². The summed E-state index contributed by atoms with van der Waals surface area (Å²) >= 11 is 0. The first-order chi connectivity index (χ1) is 6.98. The van der Waals surface area contributed by atoms with Crippen molar-refractivity contribution in [3.8, 4) is 0 Å². The first-order valence-electron chi connectivity index (χ1n) is 5.59. The molecule has 0 aliphatic carbocycles. The van der Waals surface area contributed by atoms with Crippen LogP contribution in [0.4, 0.5) is 0 Å². The number of hydrogen-bond donors (Lipinski definition) is 0. The van der Waals surface area contributed by atoms with Gasteiger partial charge in [0.05, 0.1) is 0 Å². The predicted octanol–water partition coefficient (Wildman–Crippen LogP) is 5.06. The van der Waals surface area contributed by atoms with Crippen molar-refractivity contribution in [3.05, 3.63) is 48.6 Å². The summed E-state index contributed by atoms with van der Waals surface area (Å²) in [5.41, 5.74) is 2.46. The van der Waals surface area contributed by atoms with E-state index in [2.05, 4.69) is 59.1 Å². The van der Waals surface area contributed by atoms with Crippen LogP contribution in [0.25, 0.3) is 0 Å². The normalized spacial score (nSPS) is 14.7. The Labute approximate surface area is 95.1 Å². The summed E-state index contributed by atoms with van der Waals surface area (Å²) in [6, 6.07) is 0. The molecule has 0 amide bonds. The lowest BCUT2D eigenvalue weighted by molar-refractivity contribution is 0.592. The van der Waals surface area contributed by atoms with E-state index >= 15 is 0 Å². The zero-order valence-electron chi connectivity index (χ0n) is 10.6. The van der Waals surface area contributed by atoms with E-state index in [-0.39, 0.29) is 5.41 Å². The maximum Gasteiger partial charge on any atom is 0.0302 e. The Balaban J connectivity index is 5.25. The summed E-state index contributed by atoms with van der Waals surface area (Å²) in [6.07, 6.45) is 10.7. The molecule has 1 unspecified atom stereocenters. The Morgan fingerprint density at radius 2 is 1.87 bits per heavy atom. The Hall–Kier alpha value is -1.04. The summed E-state index contributed by atoms with van der Waals surface area (Å²) in [7, 11) is 0. The maximum atomic E-state index is 4.11. The van der Waals surface area contributed by atoms with Crippen molar-refractivity contribution in [2.24, 2.45) is 5.41 Å². The second-order valence-electron chi connectivity index (χ2n) is 4.35. The van der Waals surface area contributed by atoms with Gasteiger partial charge in [-0.05, 0) is 33.6 Å². The molecule has 0 saturated carbocycles. The highest BCUT2D eigenvalue weighted by Gasteiger charge is 2.23. The highest BCUT2D eigenvalue weighted by Crippen LogP contribution is 2.35. The van der Waals surface area contributed by atoms with E-state index in [0.29, 0.717) is 0 Å². The van der Waals surface area contributed by atoms with Crippen LogP contribution < -0.4 is 0 Å². The molecule has 0 aromatic carbocycles. The molecule has 0 nitrogen and oxygen atoms in total. The van der Waals surface area contributed by atoms with Crippen LogP contribution in [-0.4, -0.2) is 0 Å². The Bertz CT molecular complexity index is 274. The van der Waals surface area contributed by atoms with Crippen LogP contribution in [0.5, 0.6) is 0 Å². The van der Waals surface area contributed by atoms with Gasteiger partial charge in [0.1, 0.15) is 0 Å². The van der Waals surface area contributed by atoms with Crippen LogP contribution in [-0.2, 0) is 0 Å². The highest BCUT2D eigenvalue weighted by atomic mass is 14.3. The Morgan fingerprint density at radius 3 is 2.20 bits per heavy atom. The van der Waals surface area contributed by atoms with Crippen molar-refractivity contribution in [2.45, 2.75) is 40.5 Å². The molecule has 0 radical (unpaired) electrons. The molecule has 0 aliphatic heterocycles. The van der Waals surface area contributed by atoms with Gasteiger partial charge in [-0.25, -0.2) is 0 Å². The zero-order valence-corrected chi connectivity index (χ0v) is 10.6. The van der Waals surface area contributed by atoms with Crippen molar-refractivity contribution in [2.75, 3.05) is 0 Å². The quantitative estimate of drug-likeness (QED) is 0.531. The summed E-state index contributed by atoms with van der Waals surface area (Å²) < 4.78 is 0. The topological polar surface area (TPSA) is 0 Å². The molecule has 0 bridgehead atoms. The second-order valence-corrected chi connectivity index (χ2v) is 4.35. The van der Waals surface area contributed by atoms with E-state index in [4.69, 9.17) is 0 Å². The lowest BCUT2D eigenvalue weighted by atomic mass is 9.76. The molecular weight excluding hydrogens is 180 g/mol. The molecule has 0 aliphatic rings. The van der Waals surface area contributed by atoms with Gasteiger partial charge in [0, 0.05) is 5.41 Å². The molecule has 84 valence electrons. The summed E-state index contributed by atoms with van der Waals surface area (Å²) in [6.45, 7) is 16.4. The van der Waals surface area contributed by atoms with Crippen LogP contribution in [0.2, 0.25) is 0 Å². The van der Waals surface area contributed by atoms with Crippen molar-refractivity contribution in [1.82, 2.24) is 0 Å². The molecule has 0 fully saturated rings. The predicted molar refractivity (Wildman–Crippen MR) is 70.9 cm³/mol. The van der Waals surface area contributed by atoms with E-state index in [9.17, 15) is 0 Å². The lowest BCUT2D eigenvalue weighted by Gasteiger charge is -2.27. The van der Waals surface area contributed by atoms with Gasteiger partial charge < -0.3 is 0 Å². The van der Waals surface area contributed by atoms with E-state index < -0.39 is 0 Å². The summed E-state index contributed by atoms with van der Waals surface area (Å²) in [5, 5.41) is 0. The standard InChI is InChI=1S/C15H24/c1-7-9-11-15(10-8-2,14(5)6)12-13(3)4/h8-9,11-12H,2,5,7,10H2,1,3-4,6H3. The molecule has 0 saturated heterocycles. The molecule has 1 atom stereocenters. The fraction of sp³-hybridized carbons (Fsp3) is 0.467.